The molecule has 0 unspecified atom stereocenters. The van der Waals surface area contributed by atoms with Gasteiger partial charge in [0.1, 0.15) is 0 Å². The molecule has 0 saturated carbocycles. The Bertz CT molecular complexity index is 1160. The highest BCUT2D eigenvalue weighted by Gasteiger charge is 2.22. The molecule has 1 N–H and O–H groups in total. The molecule has 0 bridgehead atoms. The van der Waals surface area contributed by atoms with E-state index < -0.39 is 0 Å². The van der Waals surface area contributed by atoms with Crippen LogP contribution in [0.4, 0.5) is 0 Å². The molecule has 0 radical (unpaired) electrons. The van der Waals surface area contributed by atoms with Crippen molar-refractivity contribution in [1.82, 2.24) is 14.9 Å². The Labute approximate surface area is 161 Å². The first-order chi connectivity index (χ1) is 13.3. The number of fused-ring (bicyclic) bond motifs is 2. The summed E-state index contributed by atoms with van der Waals surface area (Å²) in [7, 11) is 0. The van der Waals surface area contributed by atoms with Crippen LogP contribution in [-0.2, 0) is 19.5 Å². The van der Waals surface area contributed by atoms with Crippen molar-refractivity contribution in [3.8, 4) is 10.7 Å². The molecular formula is C22H19N3OS. The number of H-pyrrole nitrogens is 1. The molecule has 1 aliphatic rings. The van der Waals surface area contributed by atoms with Crippen molar-refractivity contribution in [3.63, 3.8) is 0 Å². The second-order valence-corrected chi connectivity index (χ2v) is 7.86. The molecule has 0 atom stereocenters. The van der Waals surface area contributed by atoms with E-state index in [-0.39, 0.29) is 5.56 Å². The molecule has 2 aromatic carbocycles. The highest BCUT2D eigenvalue weighted by molar-refractivity contribution is 7.13. The fourth-order valence-electron chi connectivity index (χ4n) is 3.82. The monoisotopic (exact) mass is 373 g/mol. The van der Waals surface area contributed by atoms with E-state index in [1.165, 1.54) is 16.3 Å². The van der Waals surface area contributed by atoms with Gasteiger partial charge in [-0.05, 0) is 27.8 Å². The summed E-state index contributed by atoms with van der Waals surface area (Å²) in [6, 6.07) is 18.9. The Morgan fingerprint density at radius 2 is 1.96 bits per heavy atom. The number of hydrogen-bond acceptors (Lipinski definition) is 4. The Balaban J connectivity index is 1.44. The van der Waals surface area contributed by atoms with Crippen molar-refractivity contribution < 1.29 is 0 Å². The number of hydrogen-bond donors (Lipinski definition) is 1. The summed E-state index contributed by atoms with van der Waals surface area (Å²) in [4.78, 5) is 23.7. The van der Waals surface area contributed by atoms with E-state index in [4.69, 9.17) is 4.98 Å². The largest absolute Gasteiger partial charge is 0.306 e. The summed E-state index contributed by atoms with van der Waals surface area (Å²) >= 11 is 1.60. The second kappa shape index (κ2) is 6.76. The van der Waals surface area contributed by atoms with Crippen molar-refractivity contribution >= 4 is 22.1 Å². The van der Waals surface area contributed by atoms with Gasteiger partial charge in [0.2, 0.25) is 0 Å². The summed E-state index contributed by atoms with van der Waals surface area (Å²) in [5.41, 5.74) is 3.04. The SMILES string of the molecule is O=c1[nH]c(-c2cccs2)nc2c1CN(Cc1cccc3ccccc13)CC2. The Hall–Kier alpha value is -2.76. The lowest BCUT2D eigenvalue weighted by molar-refractivity contribution is 0.242. The van der Waals surface area contributed by atoms with Crippen molar-refractivity contribution in [2.24, 2.45) is 0 Å². The highest BCUT2D eigenvalue weighted by Crippen LogP contribution is 2.25. The third-order valence-corrected chi connectivity index (χ3v) is 6.05. The average molecular weight is 373 g/mol. The van der Waals surface area contributed by atoms with E-state index in [2.05, 4.69) is 52.3 Å². The van der Waals surface area contributed by atoms with E-state index in [0.29, 0.717) is 12.4 Å². The minimum Gasteiger partial charge on any atom is -0.306 e. The minimum absolute atomic E-state index is 0.00832. The van der Waals surface area contributed by atoms with Crippen LogP contribution in [0.1, 0.15) is 16.8 Å². The average Bonchev–Trinajstić information content (AvgIpc) is 3.23. The molecule has 0 saturated heterocycles. The molecule has 0 spiro atoms. The van der Waals surface area contributed by atoms with Crippen LogP contribution >= 0.6 is 11.3 Å². The quantitative estimate of drug-likeness (QED) is 0.585. The fourth-order valence-corrected chi connectivity index (χ4v) is 4.49. The van der Waals surface area contributed by atoms with E-state index >= 15 is 0 Å². The maximum Gasteiger partial charge on any atom is 0.255 e. The van der Waals surface area contributed by atoms with Gasteiger partial charge in [0.25, 0.3) is 5.56 Å². The first kappa shape index (κ1) is 16.4. The number of benzene rings is 2. The van der Waals surface area contributed by atoms with Gasteiger partial charge in [-0.3, -0.25) is 9.69 Å². The van der Waals surface area contributed by atoms with Gasteiger partial charge in [-0.25, -0.2) is 4.98 Å². The molecule has 5 heteroatoms. The summed E-state index contributed by atoms with van der Waals surface area (Å²) in [5.74, 6) is 0.691. The van der Waals surface area contributed by atoms with Gasteiger partial charge in [0, 0.05) is 26.1 Å². The molecule has 4 aromatic rings. The van der Waals surface area contributed by atoms with Crippen LogP contribution in [0.15, 0.2) is 64.8 Å². The number of aromatic amines is 1. The van der Waals surface area contributed by atoms with Crippen LogP contribution < -0.4 is 5.56 Å². The molecular weight excluding hydrogens is 354 g/mol. The zero-order chi connectivity index (χ0) is 18.2. The number of aromatic nitrogens is 2. The Morgan fingerprint density at radius 1 is 1.07 bits per heavy atom. The van der Waals surface area contributed by atoms with E-state index in [0.717, 1.165) is 35.6 Å². The number of nitrogens with one attached hydrogen (secondary N) is 1. The van der Waals surface area contributed by atoms with Crippen LogP contribution in [0.2, 0.25) is 0 Å². The van der Waals surface area contributed by atoms with Crippen LogP contribution in [0.5, 0.6) is 0 Å². The minimum atomic E-state index is -0.00832. The number of rotatable bonds is 3. The Morgan fingerprint density at radius 3 is 2.85 bits per heavy atom. The zero-order valence-corrected chi connectivity index (χ0v) is 15.6. The molecule has 0 amide bonds. The molecule has 0 fully saturated rings. The fraction of sp³-hybridized carbons (Fsp3) is 0.182. The van der Waals surface area contributed by atoms with Gasteiger partial charge in [0.15, 0.2) is 5.82 Å². The lowest BCUT2D eigenvalue weighted by Gasteiger charge is -2.28. The Kier molecular flexibility index (Phi) is 4.11. The highest BCUT2D eigenvalue weighted by atomic mass is 32.1. The summed E-state index contributed by atoms with van der Waals surface area (Å²) < 4.78 is 0. The second-order valence-electron chi connectivity index (χ2n) is 6.92. The van der Waals surface area contributed by atoms with Gasteiger partial charge in [0.05, 0.1) is 16.1 Å². The van der Waals surface area contributed by atoms with Gasteiger partial charge >= 0.3 is 0 Å². The van der Waals surface area contributed by atoms with E-state index in [1.54, 1.807) is 11.3 Å². The molecule has 134 valence electrons. The van der Waals surface area contributed by atoms with Crippen LogP contribution in [-0.4, -0.2) is 21.4 Å². The summed E-state index contributed by atoms with van der Waals surface area (Å²) in [6.07, 6.45) is 0.808. The zero-order valence-electron chi connectivity index (χ0n) is 14.8. The first-order valence-electron chi connectivity index (χ1n) is 9.13. The molecule has 2 aromatic heterocycles. The van der Waals surface area contributed by atoms with Crippen molar-refractivity contribution in [2.75, 3.05) is 6.54 Å². The van der Waals surface area contributed by atoms with Crippen molar-refractivity contribution in [1.29, 1.82) is 0 Å². The molecule has 0 aliphatic carbocycles. The van der Waals surface area contributed by atoms with Gasteiger partial charge < -0.3 is 4.98 Å². The molecule has 1 aliphatic heterocycles. The standard InChI is InChI=1S/C22H19N3OS/c26-22-18-14-25(13-16-7-3-6-15-5-1-2-8-17(15)16)11-10-19(18)23-21(24-22)20-9-4-12-27-20/h1-9,12H,10-11,13-14H2,(H,23,24,26). The maximum atomic E-state index is 12.7. The predicted octanol–water partition coefficient (Wildman–Crippen LogP) is 4.21. The number of thiophene rings is 1. The summed E-state index contributed by atoms with van der Waals surface area (Å²) in [6.45, 7) is 2.40. The van der Waals surface area contributed by atoms with Crippen molar-refractivity contribution in [2.45, 2.75) is 19.5 Å². The van der Waals surface area contributed by atoms with Crippen LogP contribution in [0.25, 0.3) is 21.5 Å². The smallest absolute Gasteiger partial charge is 0.255 e. The van der Waals surface area contributed by atoms with Gasteiger partial charge in [-0.2, -0.15) is 0 Å². The molecule has 3 heterocycles. The maximum absolute atomic E-state index is 12.7. The van der Waals surface area contributed by atoms with E-state index in [9.17, 15) is 4.79 Å². The third-order valence-electron chi connectivity index (χ3n) is 5.18. The topological polar surface area (TPSA) is 49.0 Å². The normalized spacial score (nSPS) is 14.4. The van der Waals surface area contributed by atoms with Crippen LogP contribution in [0.3, 0.4) is 0 Å². The number of nitrogens with zero attached hydrogens (tertiary/aromatic N) is 2. The van der Waals surface area contributed by atoms with E-state index in [1.807, 2.05) is 17.5 Å². The third kappa shape index (κ3) is 3.09. The van der Waals surface area contributed by atoms with Crippen molar-refractivity contribution in [3.05, 3.63) is 87.2 Å². The van der Waals surface area contributed by atoms with Gasteiger partial charge in [-0.15, -0.1) is 11.3 Å². The summed E-state index contributed by atoms with van der Waals surface area (Å²) in [5, 5.41) is 4.54. The molecule has 5 rings (SSSR count). The van der Waals surface area contributed by atoms with Crippen LogP contribution in [0, 0.1) is 0 Å². The van der Waals surface area contributed by atoms with Gasteiger partial charge in [-0.1, -0.05) is 48.5 Å². The lowest BCUT2D eigenvalue weighted by Crippen LogP contribution is -2.35. The first-order valence-corrected chi connectivity index (χ1v) is 10.0. The lowest BCUT2D eigenvalue weighted by atomic mass is 10.0. The predicted molar refractivity (Wildman–Crippen MR) is 110 cm³/mol. The molecule has 4 nitrogen and oxygen atoms in total. The molecule has 27 heavy (non-hydrogen) atoms.